The van der Waals surface area contributed by atoms with Gasteiger partial charge in [-0.25, -0.2) is 9.18 Å². The molecule has 112 valence electrons. The van der Waals surface area contributed by atoms with E-state index in [0.29, 0.717) is 31.7 Å². The molecule has 1 aromatic carbocycles. The van der Waals surface area contributed by atoms with Crippen molar-refractivity contribution in [1.82, 2.24) is 15.1 Å². The molecule has 0 spiro atoms. The molecule has 7 heteroatoms. The lowest BCUT2D eigenvalue weighted by molar-refractivity contribution is 0.0616. The van der Waals surface area contributed by atoms with E-state index < -0.39 is 5.82 Å². The third-order valence-electron chi connectivity index (χ3n) is 4.15. The van der Waals surface area contributed by atoms with Gasteiger partial charge in [0.1, 0.15) is 5.82 Å². The molecule has 1 aromatic rings. The summed E-state index contributed by atoms with van der Waals surface area (Å²) in [5.41, 5.74) is 6.59. The highest BCUT2D eigenvalue weighted by molar-refractivity contribution is 5.95. The molecule has 2 heterocycles. The lowest BCUT2D eigenvalue weighted by Crippen LogP contribution is -2.53. The smallest absolute Gasteiger partial charge is 0.317 e. The molecule has 6 nitrogen and oxygen atoms in total. The van der Waals surface area contributed by atoms with Crippen molar-refractivity contribution in [2.75, 3.05) is 31.9 Å². The number of carbonyl (C=O) groups is 2. The number of hydrogen-bond acceptors (Lipinski definition) is 3. The van der Waals surface area contributed by atoms with Crippen LogP contribution in [0.3, 0.4) is 0 Å². The van der Waals surface area contributed by atoms with Crippen LogP contribution in [-0.4, -0.2) is 54.0 Å². The predicted molar refractivity (Wildman–Crippen MR) is 75.3 cm³/mol. The van der Waals surface area contributed by atoms with E-state index in [-0.39, 0.29) is 29.2 Å². The molecule has 3 N–H and O–H groups in total. The molecular weight excluding hydrogens is 275 g/mol. The second-order valence-electron chi connectivity index (χ2n) is 5.46. The van der Waals surface area contributed by atoms with Gasteiger partial charge in [-0.05, 0) is 19.1 Å². The molecule has 1 atom stereocenters. The Morgan fingerprint density at radius 1 is 1.43 bits per heavy atom. The maximum Gasteiger partial charge on any atom is 0.317 e. The van der Waals surface area contributed by atoms with Gasteiger partial charge in [0.2, 0.25) is 0 Å². The van der Waals surface area contributed by atoms with Crippen LogP contribution in [0, 0.1) is 12.7 Å². The average molecular weight is 292 g/mol. The number of nitrogens with one attached hydrogen (secondary N) is 1. The second kappa shape index (κ2) is 4.91. The number of benzene rings is 1. The van der Waals surface area contributed by atoms with Gasteiger partial charge < -0.3 is 20.9 Å². The first-order valence-corrected chi connectivity index (χ1v) is 6.86. The zero-order valence-electron chi connectivity index (χ0n) is 11.7. The predicted octanol–water partition coefficient (Wildman–Crippen LogP) is 0.566. The first kappa shape index (κ1) is 13.7. The number of hydrogen-bond donors (Lipinski definition) is 2. The normalized spacial score (nSPS) is 21.2. The van der Waals surface area contributed by atoms with E-state index in [0.717, 1.165) is 0 Å². The fraction of sp³-hybridized carbons (Fsp3) is 0.429. The molecule has 0 aliphatic carbocycles. The van der Waals surface area contributed by atoms with E-state index in [9.17, 15) is 14.0 Å². The Balaban J connectivity index is 1.79. The summed E-state index contributed by atoms with van der Waals surface area (Å²) in [6, 6.07) is 2.63. The van der Waals surface area contributed by atoms with Crippen LogP contribution in [-0.2, 0) is 0 Å². The van der Waals surface area contributed by atoms with Crippen molar-refractivity contribution in [3.8, 4) is 0 Å². The van der Waals surface area contributed by atoms with Crippen LogP contribution in [0.15, 0.2) is 12.1 Å². The number of nitrogen functional groups attached to an aromatic ring is 1. The zero-order chi connectivity index (χ0) is 15.1. The Kier molecular flexibility index (Phi) is 3.19. The second-order valence-corrected chi connectivity index (χ2v) is 5.46. The SMILES string of the molecule is Cc1c(N)cc(C(=O)N2CCN3C(=O)NCC3C2)cc1F. The summed E-state index contributed by atoms with van der Waals surface area (Å²) >= 11 is 0. The van der Waals surface area contributed by atoms with Gasteiger partial charge in [0.05, 0.1) is 6.04 Å². The highest BCUT2D eigenvalue weighted by Crippen LogP contribution is 2.21. The van der Waals surface area contributed by atoms with Crippen molar-refractivity contribution in [3.63, 3.8) is 0 Å². The lowest BCUT2D eigenvalue weighted by Gasteiger charge is -2.36. The highest BCUT2D eigenvalue weighted by atomic mass is 19.1. The number of halogens is 1. The molecule has 2 fully saturated rings. The molecular formula is C14H17FN4O2. The largest absolute Gasteiger partial charge is 0.398 e. The van der Waals surface area contributed by atoms with Gasteiger partial charge >= 0.3 is 6.03 Å². The van der Waals surface area contributed by atoms with E-state index >= 15 is 0 Å². The molecule has 0 saturated carbocycles. The van der Waals surface area contributed by atoms with Gasteiger partial charge in [0.15, 0.2) is 0 Å². The van der Waals surface area contributed by atoms with Crippen LogP contribution >= 0.6 is 0 Å². The van der Waals surface area contributed by atoms with E-state index in [2.05, 4.69) is 5.32 Å². The summed E-state index contributed by atoms with van der Waals surface area (Å²) in [6.45, 7) is 3.50. The molecule has 0 radical (unpaired) electrons. The summed E-state index contributed by atoms with van der Waals surface area (Å²) in [4.78, 5) is 27.4. The van der Waals surface area contributed by atoms with Crippen molar-refractivity contribution in [2.24, 2.45) is 0 Å². The standard InChI is InChI=1S/C14H17FN4O2/c1-8-11(15)4-9(5-12(8)16)13(20)18-2-3-19-10(7-18)6-17-14(19)21/h4-5,10H,2-3,6-7,16H2,1H3,(H,17,21). The van der Waals surface area contributed by atoms with Crippen LogP contribution < -0.4 is 11.1 Å². The minimum absolute atomic E-state index is 0.0113. The molecule has 2 aliphatic heterocycles. The highest BCUT2D eigenvalue weighted by Gasteiger charge is 2.37. The monoisotopic (exact) mass is 292 g/mol. The third kappa shape index (κ3) is 2.28. The van der Waals surface area contributed by atoms with Crippen LogP contribution in [0.1, 0.15) is 15.9 Å². The third-order valence-corrected chi connectivity index (χ3v) is 4.15. The molecule has 1 unspecified atom stereocenters. The van der Waals surface area contributed by atoms with E-state index in [1.807, 2.05) is 0 Å². The fourth-order valence-corrected chi connectivity index (χ4v) is 2.79. The molecule has 2 saturated heterocycles. The van der Waals surface area contributed by atoms with Gasteiger partial charge in [-0.15, -0.1) is 0 Å². The summed E-state index contributed by atoms with van der Waals surface area (Å²) < 4.78 is 13.7. The average Bonchev–Trinajstić information content (AvgIpc) is 2.84. The van der Waals surface area contributed by atoms with E-state index in [1.165, 1.54) is 12.1 Å². The number of rotatable bonds is 1. The van der Waals surface area contributed by atoms with Gasteiger partial charge in [0.25, 0.3) is 5.91 Å². The first-order valence-electron chi connectivity index (χ1n) is 6.86. The summed E-state index contributed by atoms with van der Waals surface area (Å²) in [5, 5.41) is 2.76. The molecule has 0 bridgehead atoms. The van der Waals surface area contributed by atoms with Crippen molar-refractivity contribution < 1.29 is 14.0 Å². The number of fused-ring (bicyclic) bond motifs is 1. The zero-order valence-corrected chi connectivity index (χ0v) is 11.7. The summed E-state index contributed by atoms with van der Waals surface area (Å²) in [7, 11) is 0. The van der Waals surface area contributed by atoms with Crippen molar-refractivity contribution >= 4 is 17.6 Å². The number of piperazine rings is 1. The van der Waals surface area contributed by atoms with Crippen molar-refractivity contribution in [1.29, 1.82) is 0 Å². The lowest BCUT2D eigenvalue weighted by atomic mass is 10.1. The van der Waals surface area contributed by atoms with Gasteiger partial charge in [0, 0.05) is 43.0 Å². The number of anilines is 1. The van der Waals surface area contributed by atoms with Gasteiger partial charge in [-0.2, -0.15) is 0 Å². The quantitative estimate of drug-likeness (QED) is 0.743. The summed E-state index contributed by atoms with van der Waals surface area (Å²) in [6.07, 6.45) is 0. The van der Waals surface area contributed by atoms with Gasteiger partial charge in [-0.1, -0.05) is 0 Å². The van der Waals surface area contributed by atoms with Crippen molar-refractivity contribution in [3.05, 3.63) is 29.1 Å². The molecule has 21 heavy (non-hydrogen) atoms. The molecule has 3 amide bonds. The number of amides is 3. The minimum Gasteiger partial charge on any atom is -0.398 e. The number of carbonyl (C=O) groups excluding carboxylic acids is 2. The fourth-order valence-electron chi connectivity index (χ4n) is 2.79. The van der Waals surface area contributed by atoms with Crippen molar-refractivity contribution in [2.45, 2.75) is 13.0 Å². The maximum atomic E-state index is 13.7. The molecule has 2 aliphatic rings. The minimum atomic E-state index is -0.477. The first-order chi connectivity index (χ1) is 9.97. The summed E-state index contributed by atoms with van der Waals surface area (Å²) in [5.74, 6) is -0.728. The van der Waals surface area contributed by atoms with Crippen LogP contribution in [0.2, 0.25) is 0 Å². The molecule has 0 aromatic heterocycles. The Morgan fingerprint density at radius 3 is 2.90 bits per heavy atom. The Hall–Kier alpha value is -2.31. The number of nitrogens with zero attached hydrogens (tertiary/aromatic N) is 2. The Morgan fingerprint density at radius 2 is 2.19 bits per heavy atom. The number of nitrogens with two attached hydrogens (primary N) is 1. The van der Waals surface area contributed by atoms with Gasteiger partial charge in [-0.3, -0.25) is 4.79 Å². The number of urea groups is 1. The molecule has 3 rings (SSSR count). The maximum absolute atomic E-state index is 13.7. The van der Waals surface area contributed by atoms with Crippen LogP contribution in [0.5, 0.6) is 0 Å². The van der Waals surface area contributed by atoms with E-state index in [4.69, 9.17) is 5.73 Å². The Labute approximate surface area is 121 Å². The van der Waals surface area contributed by atoms with Crippen LogP contribution in [0.4, 0.5) is 14.9 Å². The van der Waals surface area contributed by atoms with E-state index in [1.54, 1.807) is 16.7 Å². The Bertz CT molecular complexity index is 596. The topological polar surface area (TPSA) is 78.7 Å². The van der Waals surface area contributed by atoms with Crippen LogP contribution in [0.25, 0.3) is 0 Å².